The maximum Gasteiger partial charge on any atom is 0.0493 e. The maximum absolute atomic E-state index is 5.64. The Labute approximate surface area is 60.5 Å². The number of rotatable bonds is 1. The monoisotopic (exact) mass is 138 g/mol. The highest BCUT2D eigenvalue weighted by Crippen LogP contribution is 2.08. The molecule has 9 heavy (non-hydrogen) atoms. The van der Waals surface area contributed by atoms with Gasteiger partial charge in [0, 0.05) is 11.1 Å². The molecule has 1 heteroatoms. The summed E-state index contributed by atoms with van der Waals surface area (Å²) in [7, 11) is 0. The van der Waals surface area contributed by atoms with Crippen LogP contribution in [0.4, 0.5) is 0 Å². The average Bonchev–Trinajstić information content (AvgIpc) is 1.88. The van der Waals surface area contributed by atoms with Gasteiger partial charge in [0.15, 0.2) is 0 Å². The molecular formula is C8H7Cl. The smallest absolute Gasteiger partial charge is 0.0493 e. The van der Waals surface area contributed by atoms with Gasteiger partial charge in [-0.05, 0) is 24.1 Å². The van der Waals surface area contributed by atoms with E-state index in [1.807, 2.05) is 6.07 Å². The third kappa shape index (κ3) is 1.72. The predicted molar refractivity (Wildman–Crippen MR) is 38.5 cm³/mol. The van der Waals surface area contributed by atoms with Gasteiger partial charge in [-0.15, -0.1) is 0 Å². The Morgan fingerprint density at radius 3 is 2.78 bits per heavy atom. The Morgan fingerprint density at radius 1 is 1.56 bits per heavy atom. The van der Waals surface area contributed by atoms with Gasteiger partial charge in [0.25, 0.3) is 0 Å². The van der Waals surface area contributed by atoms with Crippen LogP contribution in [0.2, 0.25) is 5.02 Å². The van der Waals surface area contributed by atoms with Gasteiger partial charge < -0.3 is 0 Å². The van der Waals surface area contributed by atoms with E-state index < -0.39 is 0 Å². The fraction of sp³-hybridized carbons (Fsp3) is 0.250. The highest BCUT2D eigenvalue weighted by molar-refractivity contribution is 6.30. The molecule has 0 unspecified atom stereocenters. The van der Waals surface area contributed by atoms with Crippen molar-refractivity contribution in [3.63, 3.8) is 0 Å². The number of hydrogen-bond acceptors (Lipinski definition) is 0. The van der Waals surface area contributed by atoms with Gasteiger partial charge in [-0.3, -0.25) is 0 Å². The van der Waals surface area contributed by atoms with Crippen molar-refractivity contribution < 1.29 is 0 Å². The second-order valence-electron chi connectivity index (χ2n) is 1.81. The topological polar surface area (TPSA) is 0 Å². The summed E-state index contributed by atoms with van der Waals surface area (Å²) in [4.78, 5) is 0. The maximum atomic E-state index is 5.64. The largest absolute Gasteiger partial charge is 0.0836 e. The molecule has 1 aromatic rings. The van der Waals surface area contributed by atoms with Crippen molar-refractivity contribution >= 4 is 11.6 Å². The summed E-state index contributed by atoms with van der Waals surface area (Å²) >= 11 is 5.64. The number of halogens is 1. The van der Waals surface area contributed by atoms with Crippen molar-refractivity contribution in [1.29, 1.82) is 0 Å². The lowest BCUT2D eigenvalue weighted by Gasteiger charge is -1.92. The third-order valence-electron chi connectivity index (χ3n) is 1.13. The Morgan fingerprint density at radius 2 is 2.33 bits per heavy atom. The van der Waals surface area contributed by atoms with Gasteiger partial charge in [0.2, 0.25) is 0 Å². The van der Waals surface area contributed by atoms with E-state index in [9.17, 15) is 0 Å². The van der Waals surface area contributed by atoms with Crippen LogP contribution in [-0.4, -0.2) is 0 Å². The second-order valence-corrected chi connectivity index (χ2v) is 2.21. The van der Waals surface area contributed by atoms with E-state index in [1.165, 1.54) is 0 Å². The van der Waals surface area contributed by atoms with Crippen LogP contribution in [0.5, 0.6) is 0 Å². The van der Waals surface area contributed by atoms with Crippen LogP contribution >= 0.6 is 11.6 Å². The third-order valence-corrected chi connectivity index (χ3v) is 1.33. The van der Waals surface area contributed by atoms with E-state index in [0.29, 0.717) is 5.02 Å². The molecule has 2 radical (unpaired) electrons. The molecule has 46 valence electrons. The quantitative estimate of drug-likeness (QED) is 0.560. The molecule has 1 aromatic carbocycles. The van der Waals surface area contributed by atoms with E-state index in [4.69, 9.17) is 11.6 Å². The van der Waals surface area contributed by atoms with Crippen molar-refractivity contribution in [2.45, 2.75) is 13.3 Å². The zero-order valence-electron chi connectivity index (χ0n) is 5.24. The molecule has 0 atom stereocenters. The van der Waals surface area contributed by atoms with Crippen molar-refractivity contribution in [3.8, 4) is 0 Å². The Balaban J connectivity index is 2.94. The lowest BCUT2D eigenvalue weighted by Crippen LogP contribution is -1.77. The molecule has 1 rings (SSSR count). The van der Waals surface area contributed by atoms with Gasteiger partial charge in [0.05, 0.1) is 0 Å². The van der Waals surface area contributed by atoms with Crippen LogP contribution in [0, 0.1) is 12.1 Å². The highest BCUT2D eigenvalue weighted by Gasteiger charge is 1.89. The zero-order chi connectivity index (χ0) is 6.69. The van der Waals surface area contributed by atoms with Crippen LogP contribution in [0.1, 0.15) is 12.5 Å². The van der Waals surface area contributed by atoms with Gasteiger partial charge >= 0.3 is 0 Å². The zero-order valence-corrected chi connectivity index (χ0v) is 6.00. The average molecular weight is 139 g/mol. The molecule has 0 fully saturated rings. The number of benzene rings is 1. The van der Waals surface area contributed by atoms with E-state index in [-0.39, 0.29) is 0 Å². The molecule has 0 aliphatic rings. The van der Waals surface area contributed by atoms with Crippen molar-refractivity contribution in [1.82, 2.24) is 0 Å². The summed E-state index contributed by atoms with van der Waals surface area (Å²) in [5, 5.41) is 0.648. The second kappa shape index (κ2) is 2.88. The molecular weight excluding hydrogens is 132 g/mol. The normalized spacial score (nSPS) is 9.56. The summed E-state index contributed by atoms with van der Waals surface area (Å²) < 4.78 is 0. The van der Waals surface area contributed by atoms with Gasteiger partial charge in [-0.1, -0.05) is 24.6 Å². The van der Waals surface area contributed by atoms with E-state index in [2.05, 4.69) is 19.1 Å². The molecule has 0 bridgehead atoms. The number of aryl methyl sites for hydroxylation is 1. The molecule has 0 nitrogen and oxygen atoms in total. The first kappa shape index (κ1) is 6.63. The lowest BCUT2D eigenvalue weighted by molar-refractivity contribution is 1.14. The molecule has 0 heterocycles. The Kier molecular flexibility index (Phi) is 2.12. The van der Waals surface area contributed by atoms with E-state index in [0.717, 1.165) is 12.0 Å². The molecule has 0 amide bonds. The molecule has 0 aromatic heterocycles. The standard InChI is InChI=1S/C8H7Cl/c1-2-7-4-3-5-8(9)6-7/h4-5H,2H2,1H3. The van der Waals surface area contributed by atoms with Crippen molar-refractivity contribution in [3.05, 3.63) is 34.9 Å². The van der Waals surface area contributed by atoms with Crippen LogP contribution in [-0.2, 0) is 6.42 Å². The van der Waals surface area contributed by atoms with Crippen molar-refractivity contribution in [2.75, 3.05) is 0 Å². The fourth-order valence-corrected chi connectivity index (χ4v) is 0.816. The van der Waals surface area contributed by atoms with Crippen LogP contribution in [0.3, 0.4) is 0 Å². The summed E-state index contributed by atoms with van der Waals surface area (Å²) in [6.07, 6.45) is 0.969. The molecule has 0 spiro atoms. The fourth-order valence-electron chi connectivity index (χ4n) is 0.631. The molecule has 0 N–H and O–H groups in total. The molecule has 0 aliphatic carbocycles. The van der Waals surface area contributed by atoms with Gasteiger partial charge in [-0.25, -0.2) is 0 Å². The summed E-state index contributed by atoms with van der Waals surface area (Å²) in [6.45, 7) is 2.07. The summed E-state index contributed by atoms with van der Waals surface area (Å²) in [5.41, 5.74) is 1.11. The molecule has 0 saturated carbocycles. The minimum absolute atomic E-state index is 0.648. The number of hydrogen-bond donors (Lipinski definition) is 0. The lowest BCUT2D eigenvalue weighted by atomic mass is 10.2. The minimum atomic E-state index is 0.648. The first-order valence-electron chi connectivity index (χ1n) is 2.90. The van der Waals surface area contributed by atoms with E-state index in [1.54, 1.807) is 6.07 Å². The molecule has 0 saturated heterocycles. The first-order valence-corrected chi connectivity index (χ1v) is 3.28. The highest BCUT2D eigenvalue weighted by atomic mass is 35.5. The molecule has 0 aliphatic heterocycles. The van der Waals surface area contributed by atoms with Gasteiger partial charge in [-0.2, -0.15) is 0 Å². The Bertz CT molecular complexity index is 194. The first-order chi connectivity index (χ1) is 4.33. The minimum Gasteiger partial charge on any atom is -0.0836 e. The summed E-state index contributed by atoms with van der Waals surface area (Å²) in [6, 6.07) is 9.51. The summed E-state index contributed by atoms with van der Waals surface area (Å²) in [5.74, 6) is 0. The van der Waals surface area contributed by atoms with Crippen LogP contribution in [0.25, 0.3) is 0 Å². The Hall–Kier alpha value is -0.490. The van der Waals surface area contributed by atoms with Crippen LogP contribution < -0.4 is 0 Å². The van der Waals surface area contributed by atoms with E-state index >= 15 is 0 Å². The predicted octanol–water partition coefficient (Wildman–Crippen LogP) is 2.50. The van der Waals surface area contributed by atoms with Gasteiger partial charge in [0.1, 0.15) is 0 Å². The van der Waals surface area contributed by atoms with Crippen molar-refractivity contribution in [2.24, 2.45) is 0 Å². The van der Waals surface area contributed by atoms with Crippen LogP contribution in [0.15, 0.2) is 12.1 Å². The SMILES string of the molecule is CCc1[c]c(Cl)c[c]c1.